The van der Waals surface area contributed by atoms with Crippen LogP contribution in [0.4, 0.5) is 0 Å². The number of sulfonamides is 1. The summed E-state index contributed by atoms with van der Waals surface area (Å²) in [5, 5.41) is 10.2. The van der Waals surface area contributed by atoms with E-state index in [2.05, 4.69) is 10.8 Å². The Hall–Kier alpha value is -2.94. The lowest BCUT2D eigenvalue weighted by Gasteiger charge is -2.29. The van der Waals surface area contributed by atoms with E-state index in [1.165, 1.54) is 0 Å². The molecule has 0 aliphatic heterocycles. The zero-order valence-electron chi connectivity index (χ0n) is 15.2. The van der Waals surface area contributed by atoms with Crippen LogP contribution >= 0.6 is 0 Å². The van der Waals surface area contributed by atoms with Crippen molar-refractivity contribution in [3.05, 3.63) is 101 Å². The third-order valence-electron chi connectivity index (χ3n) is 4.44. The van der Waals surface area contributed by atoms with Crippen LogP contribution in [0.25, 0.3) is 0 Å². The van der Waals surface area contributed by atoms with Crippen molar-refractivity contribution in [3.8, 4) is 6.07 Å². The average Bonchev–Trinajstić information content (AvgIpc) is 2.67. The first-order chi connectivity index (χ1) is 12.9. The molecule has 0 amide bonds. The molecular formula is C22H20N2O2S. The number of benzene rings is 3. The summed E-state index contributed by atoms with van der Waals surface area (Å²) in [4.78, 5) is 0.122. The van der Waals surface area contributed by atoms with Gasteiger partial charge in [-0.2, -0.15) is 9.98 Å². The third kappa shape index (κ3) is 3.77. The van der Waals surface area contributed by atoms with Crippen molar-refractivity contribution in [1.29, 1.82) is 5.26 Å². The zero-order chi connectivity index (χ0) is 19.5. The van der Waals surface area contributed by atoms with Gasteiger partial charge in [-0.3, -0.25) is 0 Å². The van der Waals surface area contributed by atoms with Crippen LogP contribution in [0.2, 0.25) is 0 Å². The lowest BCUT2D eigenvalue weighted by Crippen LogP contribution is -2.45. The summed E-state index contributed by atoms with van der Waals surface area (Å²) in [6.45, 7) is 3.80. The Bertz CT molecular complexity index is 1090. The van der Waals surface area contributed by atoms with E-state index in [4.69, 9.17) is 0 Å². The minimum absolute atomic E-state index is 0.122. The molecule has 27 heavy (non-hydrogen) atoms. The van der Waals surface area contributed by atoms with E-state index < -0.39 is 15.6 Å². The number of hydrogen-bond acceptors (Lipinski definition) is 3. The fraction of sp³-hybridized carbons (Fsp3) is 0.136. The summed E-state index contributed by atoms with van der Waals surface area (Å²) in [6.07, 6.45) is 0. The standard InChI is InChI=1S/C22H20N2O2S/c1-17-11-13-21(14-12-17)27(25,26)24-22(16-23,19-8-4-3-5-9-19)20-10-6-7-18(2)15-20/h3-15,24H,1-2H3. The van der Waals surface area contributed by atoms with E-state index in [0.717, 1.165) is 11.1 Å². The second kappa shape index (κ2) is 7.36. The Kier molecular flexibility index (Phi) is 5.13. The SMILES string of the molecule is Cc1ccc(S(=O)(=O)NC(C#N)(c2ccccc2)c2cccc(C)c2)cc1. The van der Waals surface area contributed by atoms with Gasteiger partial charge in [0.05, 0.1) is 11.0 Å². The van der Waals surface area contributed by atoms with Gasteiger partial charge < -0.3 is 0 Å². The van der Waals surface area contributed by atoms with Gasteiger partial charge in [-0.15, -0.1) is 0 Å². The number of nitrogens with zero attached hydrogens (tertiary/aromatic N) is 1. The molecule has 0 aliphatic carbocycles. The van der Waals surface area contributed by atoms with Gasteiger partial charge in [0.2, 0.25) is 10.0 Å². The highest BCUT2D eigenvalue weighted by Gasteiger charge is 2.39. The highest BCUT2D eigenvalue weighted by molar-refractivity contribution is 7.89. The maximum Gasteiger partial charge on any atom is 0.242 e. The molecule has 0 bridgehead atoms. The van der Waals surface area contributed by atoms with Gasteiger partial charge in [-0.05, 0) is 37.1 Å². The smallest absolute Gasteiger partial charge is 0.207 e. The normalized spacial score (nSPS) is 13.5. The topological polar surface area (TPSA) is 70.0 Å². The molecule has 1 unspecified atom stereocenters. The van der Waals surface area contributed by atoms with Crippen LogP contribution in [0.15, 0.2) is 83.8 Å². The van der Waals surface area contributed by atoms with Crippen molar-refractivity contribution in [1.82, 2.24) is 4.72 Å². The molecule has 0 saturated heterocycles. The molecule has 3 aromatic rings. The molecule has 136 valence electrons. The van der Waals surface area contributed by atoms with E-state index in [-0.39, 0.29) is 4.90 Å². The van der Waals surface area contributed by atoms with Crippen LogP contribution in [-0.2, 0) is 15.6 Å². The van der Waals surface area contributed by atoms with Crippen molar-refractivity contribution >= 4 is 10.0 Å². The molecule has 3 rings (SSSR count). The van der Waals surface area contributed by atoms with E-state index in [0.29, 0.717) is 11.1 Å². The lowest BCUT2D eigenvalue weighted by atomic mass is 9.84. The molecule has 0 aromatic heterocycles. The first-order valence-corrected chi connectivity index (χ1v) is 10.0. The Morgan fingerprint density at radius 2 is 1.44 bits per heavy atom. The van der Waals surface area contributed by atoms with Crippen molar-refractivity contribution in [2.24, 2.45) is 0 Å². The Morgan fingerprint density at radius 3 is 2.04 bits per heavy atom. The second-order valence-electron chi connectivity index (χ2n) is 6.52. The van der Waals surface area contributed by atoms with Crippen LogP contribution in [0.5, 0.6) is 0 Å². The second-order valence-corrected chi connectivity index (χ2v) is 8.20. The number of nitriles is 1. The molecule has 1 atom stereocenters. The van der Waals surface area contributed by atoms with Crippen LogP contribution in [0.3, 0.4) is 0 Å². The highest BCUT2D eigenvalue weighted by atomic mass is 32.2. The van der Waals surface area contributed by atoms with Crippen LogP contribution < -0.4 is 4.72 Å². The molecule has 0 heterocycles. The van der Waals surface area contributed by atoms with Gasteiger partial charge in [0.1, 0.15) is 0 Å². The highest BCUT2D eigenvalue weighted by Crippen LogP contribution is 2.31. The number of nitrogens with one attached hydrogen (secondary N) is 1. The first-order valence-electron chi connectivity index (χ1n) is 8.52. The lowest BCUT2D eigenvalue weighted by molar-refractivity contribution is 0.542. The zero-order valence-corrected chi connectivity index (χ0v) is 16.0. The molecule has 0 radical (unpaired) electrons. The van der Waals surface area contributed by atoms with Crippen molar-refractivity contribution < 1.29 is 8.42 Å². The average molecular weight is 376 g/mol. The first kappa shape index (κ1) is 18.8. The largest absolute Gasteiger partial charge is 0.242 e. The quantitative estimate of drug-likeness (QED) is 0.730. The maximum absolute atomic E-state index is 13.1. The third-order valence-corrected chi connectivity index (χ3v) is 5.91. The van der Waals surface area contributed by atoms with Gasteiger partial charge in [0.25, 0.3) is 0 Å². The molecule has 0 aliphatic rings. The molecule has 1 N–H and O–H groups in total. The van der Waals surface area contributed by atoms with E-state index in [1.54, 1.807) is 54.6 Å². The minimum Gasteiger partial charge on any atom is -0.207 e. The van der Waals surface area contributed by atoms with Crippen LogP contribution in [0.1, 0.15) is 22.3 Å². The maximum atomic E-state index is 13.1. The predicted molar refractivity (Wildman–Crippen MR) is 106 cm³/mol. The summed E-state index contributed by atoms with van der Waals surface area (Å²) in [5.41, 5.74) is 1.51. The fourth-order valence-electron chi connectivity index (χ4n) is 2.98. The van der Waals surface area contributed by atoms with Gasteiger partial charge in [-0.1, -0.05) is 77.9 Å². The molecule has 5 heteroatoms. The molecule has 0 saturated carbocycles. The minimum atomic E-state index is -3.93. The molecule has 0 fully saturated rings. The summed E-state index contributed by atoms with van der Waals surface area (Å²) in [5.74, 6) is 0. The van der Waals surface area contributed by atoms with Gasteiger partial charge in [-0.25, -0.2) is 8.42 Å². The molecule has 4 nitrogen and oxygen atoms in total. The van der Waals surface area contributed by atoms with Crippen molar-refractivity contribution in [3.63, 3.8) is 0 Å². The summed E-state index contributed by atoms with van der Waals surface area (Å²) >= 11 is 0. The molecular weight excluding hydrogens is 356 g/mol. The van der Waals surface area contributed by atoms with E-state index in [1.807, 2.05) is 38.1 Å². The van der Waals surface area contributed by atoms with E-state index in [9.17, 15) is 13.7 Å². The van der Waals surface area contributed by atoms with E-state index >= 15 is 0 Å². The Morgan fingerprint density at radius 1 is 0.815 bits per heavy atom. The molecule has 0 spiro atoms. The molecule has 3 aromatic carbocycles. The van der Waals surface area contributed by atoms with Gasteiger partial charge >= 0.3 is 0 Å². The summed E-state index contributed by atoms with van der Waals surface area (Å²) < 4.78 is 28.8. The van der Waals surface area contributed by atoms with Crippen LogP contribution in [-0.4, -0.2) is 8.42 Å². The predicted octanol–water partition coefficient (Wildman–Crippen LogP) is 4.05. The number of rotatable bonds is 5. The Labute approximate surface area is 160 Å². The van der Waals surface area contributed by atoms with Crippen molar-refractivity contribution in [2.45, 2.75) is 24.3 Å². The summed E-state index contributed by atoms with van der Waals surface area (Å²) in [6, 6.07) is 25.0. The summed E-state index contributed by atoms with van der Waals surface area (Å²) in [7, 11) is -3.93. The number of aryl methyl sites for hydroxylation is 2. The van der Waals surface area contributed by atoms with Crippen molar-refractivity contribution in [2.75, 3.05) is 0 Å². The van der Waals surface area contributed by atoms with Gasteiger partial charge in [0.15, 0.2) is 5.54 Å². The van der Waals surface area contributed by atoms with Gasteiger partial charge in [0, 0.05) is 0 Å². The monoisotopic (exact) mass is 376 g/mol. The fourth-order valence-corrected chi connectivity index (χ4v) is 4.28. The van der Waals surface area contributed by atoms with Crippen LogP contribution in [0, 0.1) is 25.2 Å². The Balaban J connectivity index is 2.19. The number of hydrogen-bond donors (Lipinski definition) is 1.